The van der Waals surface area contributed by atoms with Gasteiger partial charge in [0.05, 0.1) is 17.8 Å². The van der Waals surface area contributed by atoms with Crippen LogP contribution in [0.5, 0.6) is 0 Å². The Kier molecular flexibility index (Phi) is 4.33. The number of imidazole rings is 1. The highest BCUT2D eigenvalue weighted by molar-refractivity contribution is 5.94. The summed E-state index contributed by atoms with van der Waals surface area (Å²) in [6, 6.07) is 7.79. The van der Waals surface area contributed by atoms with E-state index >= 15 is 0 Å². The maximum absolute atomic E-state index is 12.4. The zero-order valence-corrected chi connectivity index (χ0v) is 14.0. The second-order valence-electron chi connectivity index (χ2n) is 6.40. The molecule has 0 spiro atoms. The van der Waals surface area contributed by atoms with Gasteiger partial charge in [0, 0.05) is 50.0 Å². The van der Waals surface area contributed by atoms with E-state index in [4.69, 9.17) is 0 Å². The van der Waals surface area contributed by atoms with E-state index in [0.717, 1.165) is 49.6 Å². The summed E-state index contributed by atoms with van der Waals surface area (Å²) >= 11 is 0. The summed E-state index contributed by atoms with van der Waals surface area (Å²) in [6.07, 6.45) is 11.1. The minimum absolute atomic E-state index is 0.108. The predicted molar refractivity (Wildman–Crippen MR) is 94.2 cm³/mol. The molecule has 0 aromatic carbocycles. The summed E-state index contributed by atoms with van der Waals surface area (Å²) < 4.78 is 2.18. The number of hydrogen-bond donors (Lipinski definition) is 1. The van der Waals surface area contributed by atoms with E-state index in [1.807, 2.05) is 47.8 Å². The molecule has 6 heteroatoms. The van der Waals surface area contributed by atoms with Crippen molar-refractivity contribution < 1.29 is 4.79 Å². The van der Waals surface area contributed by atoms with E-state index < -0.39 is 0 Å². The van der Waals surface area contributed by atoms with E-state index in [-0.39, 0.29) is 5.91 Å². The van der Waals surface area contributed by atoms with Crippen molar-refractivity contribution in [2.24, 2.45) is 0 Å². The normalized spacial score (nSPS) is 15.4. The molecule has 4 rings (SSSR count). The van der Waals surface area contributed by atoms with Crippen LogP contribution in [0.25, 0.3) is 0 Å². The number of carbonyl (C=O) groups excluding carboxylic acids is 1. The first kappa shape index (κ1) is 15.6. The quantitative estimate of drug-likeness (QED) is 0.797. The molecule has 1 amide bonds. The van der Waals surface area contributed by atoms with Gasteiger partial charge in [0.2, 0.25) is 0 Å². The van der Waals surface area contributed by atoms with Crippen LogP contribution in [0.2, 0.25) is 0 Å². The number of aromatic amines is 1. The van der Waals surface area contributed by atoms with Gasteiger partial charge in [-0.1, -0.05) is 6.07 Å². The molecule has 1 aliphatic heterocycles. The van der Waals surface area contributed by atoms with Gasteiger partial charge in [0.15, 0.2) is 0 Å². The summed E-state index contributed by atoms with van der Waals surface area (Å²) in [5.41, 5.74) is 1.76. The van der Waals surface area contributed by atoms with E-state index in [0.29, 0.717) is 5.92 Å². The maximum Gasteiger partial charge on any atom is 0.255 e. The Bertz CT molecular complexity index is 817. The van der Waals surface area contributed by atoms with Crippen LogP contribution in [0.4, 0.5) is 0 Å². The molecular weight excluding hydrogens is 314 g/mol. The summed E-state index contributed by atoms with van der Waals surface area (Å²) in [5, 5.41) is 0. The third-order valence-electron chi connectivity index (χ3n) is 4.80. The molecule has 4 heterocycles. The SMILES string of the molecule is O=C(c1cc[nH]c1)N1CCC(c2nccn2Cc2ccccn2)CC1. The Balaban J connectivity index is 1.42. The number of piperidine rings is 1. The van der Waals surface area contributed by atoms with Gasteiger partial charge in [0.25, 0.3) is 5.91 Å². The van der Waals surface area contributed by atoms with Gasteiger partial charge in [-0.25, -0.2) is 4.98 Å². The molecule has 0 unspecified atom stereocenters. The van der Waals surface area contributed by atoms with Crippen LogP contribution in [-0.4, -0.2) is 43.4 Å². The van der Waals surface area contributed by atoms with Crippen molar-refractivity contribution >= 4 is 5.91 Å². The minimum atomic E-state index is 0.108. The first-order valence-corrected chi connectivity index (χ1v) is 8.64. The number of carbonyl (C=O) groups is 1. The van der Waals surface area contributed by atoms with Crippen LogP contribution in [0.1, 0.15) is 40.6 Å². The number of nitrogens with one attached hydrogen (secondary N) is 1. The molecule has 1 saturated heterocycles. The molecular formula is C19H21N5O. The molecule has 25 heavy (non-hydrogen) atoms. The van der Waals surface area contributed by atoms with Gasteiger partial charge >= 0.3 is 0 Å². The summed E-state index contributed by atoms with van der Waals surface area (Å²) in [6.45, 7) is 2.27. The van der Waals surface area contributed by atoms with Crippen molar-refractivity contribution in [2.75, 3.05) is 13.1 Å². The first-order valence-electron chi connectivity index (χ1n) is 8.64. The molecule has 0 aliphatic carbocycles. The minimum Gasteiger partial charge on any atom is -0.367 e. The first-order chi connectivity index (χ1) is 12.3. The zero-order chi connectivity index (χ0) is 17.1. The van der Waals surface area contributed by atoms with Crippen LogP contribution in [0.15, 0.2) is 55.2 Å². The lowest BCUT2D eigenvalue weighted by molar-refractivity contribution is 0.0710. The van der Waals surface area contributed by atoms with Gasteiger partial charge in [-0.2, -0.15) is 0 Å². The highest BCUT2D eigenvalue weighted by Gasteiger charge is 2.27. The Morgan fingerprint density at radius 3 is 2.76 bits per heavy atom. The van der Waals surface area contributed by atoms with Gasteiger partial charge in [-0.3, -0.25) is 9.78 Å². The van der Waals surface area contributed by atoms with Crippen molar-refractivity contribution in [1.29, 1.82) is 0 Å². The number of rotatable bonds is 4. The third-order valence-corrected chi connectivity index (χ3v) is 4.80. The monoisotopic (exact) mass is 335 g/mol. The highest BCUT2D eigenvalue weighted by Crippen LogP contribution is 2.28. The molecule has 1 fully saturated rings. The maximum atomic E-state index is 12.4. The number of H-pyrrole nitrogens is 1. The number of amides is 1. The van der Waals surface area contributed by atoms with E-state index in [1.54, 1.807) is 12.4 Å². The van der Waals surface area contributed by atoms with Crippen LogP contribution in [0, 0.1) is 0 Å². The average molecular weight is 335 g/mol. The Labute approximate surface area is 146 Å². The zero-order valence-electron chi connectivity index (χ0n) is 14.0. The second-order valence-corrected chi connectivity index (χ2v) is 6.40. The third kappa shape index (κ3) is 3.33. The predicted octanol–water partition coefficient (Wildman–Crippen LogP) is 2.67. The average Bonchev–Trinajstić information content (AvgIpc) is 3.34. The number of likely N-dealkylation sites (tertiary alicyclic amines) is 1. The molecule has 3 aromatic heterocycles. The smallest absolute Gasteiger partial charge is 0.255 e. The largest absolute Gasteiger partial charge is 0.367 e. The van der Waals surface area contributed by atoms with Crippen LogP contribution in [-0.2, 0) is 6.54 Å². The van der Waals surface area contributed by atoms with Crippen LogP contribution in [0.3, 0.4) is 0 Å². The molecule has 0 atom stereocenters. The molecule has 0 bridgehead atoms. The standard InChI is InChI=1S/C19H21N5O/c25-19(16-4-8-20-13-16)23-10-5-15(6-11-23)18-22-9-12-24(18)14-17-3-1-2-7-21-17/h1-4,7-9,12-13,15,20H,5-6,10-11,14H2. The second kappa shape index (κ2) is 6.93. The highest BCUT2D eigenvalue weighted by atomic mass is 16.2. The summed E-state index contributed by atoms with van der Waals surface area (Å²) in [4.78, 5) is 26.3. The van der Waals surface area contributed by atoms with Crippen molar-refractivity contribution in [1.82, 2.24) is 24.4 Å². The van der Waals surface area contributed by atoms with Crippen molar-refractivity contribution in [3.8, 4) is 0 Å². The molecule has 0 radical (unpaired) electrons. The van der Waals surface area contributed by atoms with Gasteiger partial charge in [-0.15, -0.1) is 0 Å². The fourth-order valence-corrected chi connectivity index (χ4v) is 3.46. The molecule has 1 N–H and O–H groups in total. The molecule has 6 nitrogen and oxygen atoms in total. The molecule has 0 saturated carbocycles. The van der Waals surface area contributed by atoms with E-state index in [9.17, 15) is 4.79 Å². The van der Waals surface area contributed by atoms with Crippen molar-refractivity contribution in [3.63, 3.8) is 0 Å². The summed E-state index contributed by atoms with van der Waals surface area (Å²) in [5.74, 6) is 1.59. The lowest BCUT2D eigenvalue weighted by Crippen LogP contribution is -2.38. The Morgan fingerprint density at radius 1 is 1.16 bits per heavy atom. The van der Waals surface area contributed by atoms with E-state index in [1.165, 1.54) is 0 Å². The van der Waals surface area contributed by atoms with Gasteiger partial charge in [-0.05, 0) is 31.0 Å². The Morgan fingerprint density at radius 2 is 2.04 bits per heavy atom. The van der Waals surface area contributed by atoms with Gasteiger partial charge < -0.3 is 14.5 Å². The van der Waals surface area contributed by atoms with Crippen LogP contribution >= 0.6 is 0 Å². The fourth-order valence-electron chi connectivity index (χ4n) is 3.46. The lowest BCUT2D eigenvalue weighted by atomic mass is 9.95. The fraction of sp³-hybridized carbons (Fsp3) is 0.316. The summed E-state index contributed by atoms with van der Waals surface area (Å²) in [7, 11) is 0. The molecule has 128 valence electrons. The molecule has 1 aliphatic rings. The van der Waals surface area contributed by atoms with Gasteiger partial charge in [0.1, 0.15) is 5.82 Å². The molecule has 3 aromatic rings. The topological polar surface area (TPSA) is 66.8 Å². The number of aromatic nitrogens is 4. The lowest BCUT2D eigenvalue weighted by Gasteiger charge is -2.31. The Hall–Kier alpha value is -2.89. The van der Waals surface area contributed by atoms with Crippen molar-refractivity contribution in [2.45, 2.75) is 25.3 Å². The number of hydrogen-bond acceptors (Lipinski definition) is 3. The van der Waals surface area contributed by atoms with Crippen molar-refractivity contribution in [3.05, 3.63) is 72.3 Å². The number of nitrogens with zero attached hydrogens (tertiary/aromatic N) is 4. The van der Waals surface area contributed by atoms with Crippen LogP contribution < -0.4 is 0 Å². The van der Waals surface area contributed by atoms with E-state index in [2.05, 4.69) is 19.5 Å². The number of pyridine rings is 1.